The van der Waals surface area contributed by atoms with E-state index in [0.717, 1.165) is 5.56 Å². The summed E-state index contributed by atoms with van der Waals surface area (Å²) in [4.78, 5) is 0.257. The molecular formula is C14H22N2O3S. The highest BCUT2D eigenvalue weighted by molar-refractivity contribution is 7.89. The van der Waals surface area contributed by atoms with Gasteiger partial charge in [-0.1, -0.05) is 12.1 Å². The summed E-state index contributed by atoms with van der Waals surface area (Å²) < 4.78 is 27.2. The van der Waals surface area contributed by atoms with Crippen LogP contribution in [0.1, 0.15) is 44.2 Å². The third-order valence-corrected chi connectivity index (χ3v) is 5.27. The lowest BCUT2D eigenvalue weighted by molar-refractivity contribution is 0.120. The maximum atomic E-state index is 12.3. The molecule has 20 heavy (non-hydrogen) atoms. The zero-order valence-corrected chi connectivity index (χ0v) is 12.4. The molecule has 0 amide bonds. The molecule has 112 valence electrons. The Morgan fingerprint density at radius 3 is 2.25 bits per heavy atom. The van der Waals surface area contributed by atoms with E-state index in [1.54, 1.807) is 24.3 Å². The monoisotopic (exact) mass is 298 g/mol. The van der Waals surface area contributed by atoms with Crippen molar-refractivity contribution in [3.63, 3.8) is 0 Å². The Morgan fingerprint density at radius 1 is 1.20 bits per heavy atom. The maximum absolute atomic E-state index is 12.3. The first-order chi connectivity index (χ1) is 9.38. The molecule has 0 aliphatic heterocycles. The van der Waals surface area contributed by atoms with Crippen molar-refractivity contribution in [1.82, 2.24) is 4.72 Å². The summed E-state index contributed by atoms with van der Waals surface area (Å²) in [7, 11) is -3.49. The van der Waals surface area contributed by atoms with Crippen LogP contribution < -0.4 is 10.5 Å². The molecule has 0 spiro atoms. The van der Waals surface area contributed by atoms with Crippen LogP contribution in [0, 0.1) is 0 Å². The number of hydrogen-bond donors (Lipinski definition) is 3. The molecule has 0 radical (unpaired) electrons. The molecule has 4 N–H and O–H groups in total. The Hall–Kier alpha value is -0.950. The fourth-order valence-electron chi connectivity index (χ4n) is 2.43. The quantitative estimate of drug-likeness (QED) is 0.781. The fraction of sp³-hybridized carbons (Fsp3) is 0.571. The summed E-state index contributed by atoms with van der Waals surface area (Å²) in [6.07, 6.45) is 2.37. The zero-order chi connectivity index (χ0) is 14.8. The highest BCUT2D eigenvalue weighted by atomic mass is 32.2. The number of rotatable bonds is 4. The molecule has 1 atom stereocenters. The Balaban J connectivity index is 2.06. The molecule has 1 aliphatic carbocycles. The number of nitrogens with one attached hydrogen (secondary N) is 1. The van der Waals surface area contributed by atoms with Gasteiger partial charge in [-0.3, -0.25) is 0 Å². The van der Waals surface area contributed by atoms with Crippen molar-refractivity contribution in [2.75, 3.05) is 0 Å². The molecule has 1 saturated carbocycles. The van der Waals surface area contributed by atoms with Crippen LogP contribution in [0.15, 0.2) is 29.2 Å². The zero-order valence-electron chi connectivity index (χ0n) is 11.6. The molecule has 1 fully saturated rings. The van der Waals surface area contributed by atoms with Gasteiger partial charge in [0.1, 0.15) is 0 Å². The van der Waals surface area contributed by atoms with E-state index < -0.39 is 10.0 Å². The average molecular weight is 298 g/mol. The summed E-state index contributed by atoms with van der Waals surface area (Å²) in [5.41, 5.74) is 6.65. The van der Waals surface area contributed by atoms with Crippen LogP contribution in [0.3, 0.4) is 0 Å². The van der Waals surface area contributed by atoms with E-state index in [1.807, 2.05) is 6.92 Å². The molecule has 1 aliphatic rings. The van der Waals surface area contributed by atoms with Crippen molar-refractivity contribution in [1.29, 1.82) is 0 Å². The van der Waals surface area contributed by atoms with Crippen LogP contribution >= 0.6 is 0 Å². The van der Waals surface area contributed by atoms with Gasteiger partial charge in [0.05, 0.1) is 11.0 Å². The van der Waals surface area contributed by atoms with Crippen molar-refractivity contribution in [2.45, 2.75) is 55.7 Å². The van der Waals surface area contributed by atoms with Gasteiger partial charge in [0.25, 0.3) is 0 Å². The molecule has 6 heteroatoms. The van der Waals surface area contributed by atoms with Crippen molar-refractivity contribution < 1.29 is 13.5 Å². The highest BCUT2D eigenvalue weighted by Crippen LogP contribution is 2.21. The maximum Gasteiger partial charge on any atom is 0.240 e. The predicted octanol–water partition coefficient (Wildman–Crippen LogP) is 1.29. The normalized spacial score (nSPS) is 25.4. The van der Waals surface area contributed by atoms with Gasteiger partial charge in [0, 0.05) is 12.1 Å². The van der Waals surface area contributed by atoms with Crippen molar-refractivity contribution in [3.05, 3.63) is 29.8 Å². The second-order valence-corrected chi connectivity index (χ2v) is 7.20. The van der Waals surface area contributed by atoms with Gasteiger partial charge in [-0.25, -0.2) is 13.1 Å². The first kappa shape index (κ1) is 15.4. The van der Waals surface area contributed by atoms with E-state index in [0.29, 0.717) is 25.7 Å². The predicted molar refractivity (Wildman–Crippen MR) is 77.6 cm³/mol. The molecule has 0 aromatic heterocycles. The average Bonchev–Trinajstić information content (AvgIpc) is 2.41. The summed E-state index contributed by atoms with van der Waals surface area (Å²) >= 11 is 0. The molecular weight excluding hydrogens is 276 g/mol. The van der Waals surface area contributed by atoms with E-state index in [4.69, 9.17) is 5.73 Å². The topological polar surface area (TPSA) is 92.4 Å². The number of aliphatic hydroxyl groups is 1. The Morgan fingerprint density at radius 2 is 1.75 bits per heavy atom. The Labute approximate surface area is 120 Å². The third-order valence-electron chi connectivity index (χ3n) is 3.73. The van der Waals surface area contributed by atoms with Gasteiger partial charge in [-0.15, -0.1) is 0 Å². The Bertz CT molecular complexity index is 532. The Kier molecular flexibility index (Phi) is 4.80. The minimum absolute atomic E-state index is 0.0866. The van der Waals surface area contributed by atoms with Gasteiger partial charge in [0.15, 0.2) is 0 Å². The van der Waals surface area contributed by atoms with Crippen LogP contribution in [-0.2, 0) is 10.0 Å². The molecule has 0 bridgehead atoms. The first-order valence-corrected chi connectivity index (χ1v) is 8.43. The van der Waals surface area contributed by atoms with Crippen molar-refractivity contribution in [3.8, 4) is 0 Å². The molecule has 5 nitrogen and oxygen atoms in total. The molecule has 0 saturated heterocycles. The van der Waals surface area contributed by atoms with E-state index in [9.17, 15) is 13.5 Å². The number of nitrogens with two attached hydrogens (primary N) is 1. The number of benzene rings is 1. The molecule has 1 aromatic carbocycles. The number of aliphatic hydroxyl groups excluding tert-OH is 1. The van der Waals surface area contributed by atoms with Crippen molar-refractivity contribution in [2.24, 2.45) is 5.73 Å². The van der Waals surface area contributed by atoms with E-state index >= 15 is 0 Å². The van der Waals surface area contributed by atoms with Crippen LogP contribution in [-0.4, -0.2) is 25.7 Å². The lowest BCUT2D eigenvalue weighted by atomic mass is 9.94. The van der Waals surface area contributed by atoms with Gasteiger partial charge >= 0.3 is 0 Å². The van der Waals surface area contributed by atoms with Crippen LogP contribution in [0.4, 0.5) is 0 Å². The highest BCUT2D eigenvalue weighted by Gasteiger charge is 2.24. The minimum Gasteiger partial charge on any atom is -0.393 e. The smallest absolute Gasteiger partial charge is 0.240 e. The van der Waals surface area contributed by atoms with Crippen LogP contribution in [0.25, 0.3) is 0 Å². The van der Waals surface area contributed by atoms with Gasteiger partial charge in [-0.05, 0) is 50.3 Å². The largest absolute Gasteiger partial charge is 0.393 e. The summed E-state index contributed by atoms with van der Waals surface area (Å²) in [5.74, 6) is 0. The standard InChI is InChI=1S/C14H22N2O3S/c1-10(15)11-2-8-14(9-3-11)20(18,19)16-12-4-6-13(17)7-5-12/h2-3,8-10,12-13,16-17H,4-7,15H2,1H3. The van der Waals surface area contributed by atoms with Gasteiger partial charge in [0.2, 0.25) is 10.0 Å². The van der Waals surface area contributed by atoms with Crippen LogP contribution in [0.2, 0.25) is 0 Å². The van der Waals surface area contributed by atoms with Crippen molar-refractivity contribution >= 4 is 10.0 Å². The van der Waals surface area contributed by atoms with Crippen LogP contribution in [0.5, 0.6) is 0 Å². The minimum atomic E-state index is -3.49. The SMILES string of the molecule is CC(N)c1ccc(S(=O)(=O)NC2CCC(O)CC2)cc1. The third kappa shape index (κ3) is 3.79. The fourth-order valence-corrected chi connectivity index (χ4v) is 3.74. The summed E-state index contributed by atoms with van der Waals surface area (Å²) in [6.45, 7) is 1.86. The lowest BCUT2D eigenvalue weighted by Crippen LogP contribution is -2.38. The molecule has 1 unspecified atom stereocenters. The van der Waals surface area contributed by atoms with Gasteiger partial charge in [-0.2, -0.15) is 0 Å². The van der Waals surface area contributed by atoms with E-state index in [-0.39, 0.29) is 23.1 Å². The molecule has 1 aromatic rings. The van der Waals surface area contributed by atoms with E-state index in [1.165, 1.54) is 0 Å². The molecule has 0 heterocycles. The first-order valence-electron chi connectivity index (χ1n) is 6.94. The van der Waals surface area contributed by atoms with Gasteiger partial charge < -0.3 is 10.8 Å². The second-order valence-electron chi connectivity index (χ2n) is 5.48. The number of hydrogen-bond acceptors (Lipinski definition) is 4. The summed E-state index contributed by atoms with van der Waals surface area (Å²) in [6, 6.07) is 6.45. The molecule has 2 rings (SSSR count). The second kappa shape index (κ2) is 6.22. The lowest BCUT2D eigenvalue weighted by Gasteiger charge is -2.26. The summed E-state index contributed by atoms with van der Waals surface area (Å²) in [5, 5.41) is 9.44. The number of sulfonamides is 1. The van der Waals surface area contributed by atoms with E-state index in [2.05, 4.69) is 4.72 Å².